The Kier molecular flexibility index (Phi) is 10.9. The molecule has 0 aromatic heterocycles. The van der Waals surface area contributed by atoms with Crippen LogP contribution in [0.4, 0.5) is 0 Å². The highest BCUT2D eigenvalue weighted by molar-refractivity contribution is 5.80. The number of hydrogen-bond donors (Lipinski definition) is 1. The zero-order valence-corrected chi connectivity index (χ0v) is 13.7. The molecule has 0 aliphatic heterocycles. The van der Waals surface area contributed by atoms with Crippen LogP contribution in [0, 0.1) is 0 Å². The largest absolute Gasteiger partial charge is 0.478 e. The van der Waals surface area contributed by atoms with Crippen molar-refractivity contribution in [1.29, 1.82) is 0 Å². The van der Waals surface area contributed by atoms with Crippen LogP contribution in [0.5, 0.6) is 0 Å². The van der Waals surface area contributed by atoms with Crippen LogP contribution in [0.2, 0.25) is 0 Å². The van der Waals surface area contributed by atoms with Crippen molar-refractivity contribution in [3.8, 4) is 0 Å². The summed E-state index contributed by atoms with van der Waals surface area (Å²) < 4.78 is 0. The molecule has 0 saturated heterocycles. The van der Waals surface area contributed by atoms with E-state index in [1.165, 1.54) is 22.8 Å². The smallest absolute Gasteiger partial charge is 0.328 e. The van der Waals surface area contributed by atoms with Gasteiger partial charge in [-0.15, -0.1) is 0 Å². The Balaban J connectivity index is 4.04. The van der Waals surface area contributed by atoms with Crippen molar-refractivity contribution in [1.82, 2.24) is 0 Å². The summed E-state index contributed by atoms with van der Waals surface area (Å²) >= 11 is 0. The molecule has 0 aliphatic carbocycles. The third kappa shape index (κ3) is 14.4. The minimum absolute atomic E-state index is 0.922. The molecule has 0 fully saturated rings. The summed E-state index contributed by atoms with van der Waals surface area (Å²) in [6, 6.07) is 0. The first-order valence-corrected chi connectivity index (χ1v) is 7.44. The lowest BCUT2D eigenvalue weighted by atomic mass is 10.1. The SMILES string of the molecule is CC(C)=CCC/C(C)=C/CC/C(C)=C/C=C/C=C/C(=O)O. The Labute approximate surface area is 129 Å². The Hall–Kier alpha value is -1.83. The van der Waals surface area contributed by atoms with Crippen molar-refractivity contribution in [2.24, 2.45) is 0 Å². The Morgan fingerprint density at radius 1 is 0.857 bits per heavy atom. The molecule has 0 aliphatic rings. The van der Waals surface area contributed by atoms with Gasteiger partial charge in [0, 0.05) is 6.08 Å². The van der Waals surface area contributed by atoms with Crippen LogP contribution in [0.25, 0.3) is 0 Å². The number of aliphatic carboxylic acids is 1. The van der Waals surface area contributed by atoms with Crippen molar-refractivity contribution in [3.63, 3.8) is 0 Å². The van der Waals surface area contributed by atoms with Gasteiger partial charge in [0.25, 0.3) is 0 Å². The number of carboxylic acid groups (broad SMARTS) is 1. The van der Waals surface area contributed by atoms with E-state index in [2.05, 4.69) is 39.8 Å². The number of rotatable bonds is 9. The lowest BCUT2D eigenvalue weighted by molar-refractivity contribution is -0.131. The fourth-order valence-corrected chi connectivity index (χ4v) is 1.74. The second-order valence-corrected chi connectivity index (χ2v) is 5.50. The van der Waals surface area contributed by atoms with Gasteiger partial charge in [0.05, 0.1) is 0 Å². The minimum atomic E-state index is -0.922. The first kappa shape index (κ1) is 19.2. The topological polar surface area (TPSA) is 37.3 Å². The van der Waals surface area contributed by atoms with Gasteiger partial charge < -0.3 is 5.11 Å². The summed E-state index contributed by atoms with van der Waals surface area (Å²) in [6.07, 6.45) is 17.2. The van der Waals surface area contributed by atoms with E-state index in [0.29, 0.717) is 0 Å². The van der Waals surface area contributed by atoms with Crippen molar-refractivity contribution < 1.29 is 9.90 Å². The van der Waals surface area contributed by atoms with Crippen molar-refractivity contribution in [2.75, 3.05) is 0 Å². The lowest BCUT2D eigenvalue weighted by Gasteiger charge is -2.00. The average Bonchev–Trinajstić information content (AvgIpc) is 2.37. The van der Waals surface area contributed by atoms with Gasteiger partial charge in [0.1, 0.15) is 0 Å². The summed E-state index contributed by atoms with van der Waals surface area (Å²) in [5, 5.41) is 8.44. The van der Waals surface area contributed by atoms with Crippen LogP contribution in [0.15, 0.2) is 59.3 Å². The highest BCUT2D eigenvalue weighted by atomic mass is 16.4. The van der Waals surface area contributed by atoms with Gasteiger partial charge >= 0.3 is 5.97 Å². The Morgan fingerprint density at radius 3 is 2.10 bits per heavy atom. The summed E-state index contributed by atoms with van der Waals surface area (Å²) in [5.41, 5.74) is 4.12. The molecule has 2 nitrogen and oxygen atoms in total. The first-order chi connectivity index (χ1) is 9.91. The lowest BCUT2D eigenvalue weighted by Crippen LogP contribution is -1.84. The molecular formula is C19H28O2. The standard InChI is InChI=1S/C19H28O2/c1-16(2)10-8-12-18(4)14-9-13-17(3)11-6-5-7-15-19(20)21/h5-7,10-11,14-15H,8-9,12-13H2,1-4H3,(H,20,21)/b6-5+,15-7+,17-11+,18-14+. The van der Waals surface area contributed by atoms with Gasteiger partial charge in [-0.1, -0.05) is 53.2 Å². The van der Waals surface area contributed by atoms with Gasteiger partial charge in [-0.25, -0.2) is 4.79 Å². The number of hydrogen-bond acceptors (Lipinski definition) is 1. The molecule has 0 amide bonds. The normalized spacial score (nSPS) is 13.1. The highest BCUT2D eigenvalue weighted by Crippen LogP contribution is 2.11. The van der Waals surface area contributed by atoms with E-state index in [4.69, 9.17) is 5.11 Å². The van der Waals surface area contributed by atoms with E-state index < -0.39 is 5.97 Å². The third-order valence-electron chi connectivity index (χ3n) is 2.96. The van der Waals surface area contributed by atoms with E-state index in [-0.39, 0.29) is 0 Å². The molecule has 21 heavy (non-hydrogen) atoms. The molecule has 0 unspecified atom stereocenters. The maximum absolute atomic E-state index is 10.3. The molecule has 116 valence electrons. The van der Waals surface area contributed by atoms with Crippen LogP contribution in [0.1, 0.15) is 53.4 Å². The van der Waals surface area contributed by atoms with E-state index in [9.17, 15) is 4.79 Å². The maximum atomic E-state index is 10.3. The average molecular weight is 288 g/mol. The highest BCUT2D eigenvalue weighted by Gasteiger charge is 1.91. The second kappa shape index (κ2) is 12.0. The Bertz CT molecular complexity index is 456. The first-order valence-electron chi connectivity index (χ1n) is 7.44. The number of carbonyl (C=O) groups is 1. The summed E-state index contributed by atoms with van der Waals surface area (Å²) in [6.45, 7) is 8.55. The van der Waals surface area contributed by atoms with Crippen LogP contribution < -0.4 is 0 Å². The van der Waals surface area contributed by atoms with Gasteiger partial charge in [-0.05, 0) is 53.4 Å². The molecule has 0 spiro atoms. The molecule has 1 N–H and O–H groups in total. The molecule has 0 saturated carbocycles. The summed E-state index contributed by atoms with van der Waals surface area (Å²) in [5.74, 6) is -0.922. The molecule has 0 heterocycles. The Morgan fingerprint density at radius 2 is 1.48 bits per heavy atom. The maximum Gasteiger partial charge on any atom is 0.328 e. The second-order valence-electron chi connectivity index (χ2n) is 5.50. The van der Waals surface area contributed by atoms with E-state index >= 15 is 0 Å². The zero-order chi connectivity index (χ0) is 16.1. The third-order valence-corrected chi connectivity index (χ3v) is 2.96. The summed E-state index contributed by atoms with van der Waals surface area (Å²) in [4.78, 5) is 10.3. The minimum Gasteiger partial charge on any atom is -0.478 e. The molecular weight excluding hydrogens is 260 g/mol. The van der Waals surface area contributed by atoms with E-state index in [1.54, 1.807) is 6.08 Å². The molecule has 2 heteroatoms. The van der Waals surface area contributed by atoms with Crippen molar-refractivity contribution in [3.05, 3.63) is 59.3 Å². The summed E-state index contributed by atoms with van der Waals surface area (Å²) in [7, 11) is 0. The molecule has 0 bridgehead atoms. The van der Waals surface area contributed by atoms with Gasteiger partial charge in [0.15, 0.2) is 0 Å². The number of carboxylic acids is 1. The molecule has 0 aromatic carbocycles. The number of allylic oxidation sites excluding steroid dienone is 9. The quantitative estimate of drug-likeness (QED) is 0.340. The van der Waals surface area contributed by atoms with Gasteiger partial charge in [-0.2, -0.15) is 0 Å². The zero-order valence-electron chi connectivity index (χ0n) is 13.7. The predicted octanol–water partition coefficient (Wildman–Crippen LogP) is 5.60. The van der Waals surface area contributed by atoms with Crippen LogP contribution in [-0.4, -0.2) is 11.1 Å². The predicted molar refractivity (Wildman–Crippen MR) is 91.3 cm³/mol. The fourth-order valence-electron chi connectivity index (χ4n) is 1.74. The molecule has 0 radical (unpaired) electrons. The monoisotopic (exact) mass is 288 g/mol. The fraction of sp³-hybridized carbons (Fsp3) is 0.421. The van der Waals surface area contributed by atoms with E-state index in [0.717, 1.165) is 31.8 Å². The molecule has 0 rings (SSSR count). The van der Waals surface area contributed by atoms with Crippen molar-refractivity contribution in [2.45, 2.75) is 53.4 Å². The van der Waals surface area contributed by atoms with E-state index in [1.807, 2.05) is 12.2 Å². The van der Waals surface area contributed by atoms with Crippen LogP contribution >= 0.6 is 0 Å². The van der Waals surface area contributed by atoms with Crippen LogP contribution in [-0.2, 0) is 4.79 Å². The van der Waals surface area contributed by atoms with Gasteiger partial charge in [0.2, 0.25) is 0 Å². The van der Waals surface area contributed by atoms with Crippen LogP contribution in [0.3, 0.4) is 0 Å². The molecule has 0 atom stereocenters. The molecule has 0 aromatic rings. The van der Waals surface area contributed by atoms with Gasteiger partial charge in [-0.3, -0.25) is 0 Å². The van der Waals surface area contributed by atoms with Crippen molar-refractivity contribution >= 4 is 5.97 Å².